The Morgan fingerprint density at radius 3 is 1.14 bits per heavy atom. The Morgan fingerprint density at radius 2 is 1.14 bits per heavy atom. The van der Waals surface area contributed by atoms with E-state index in [1.54, 1.807) is 0 Å². The predicted molar refractivity (Wildman–Crippen MR) is 17.2 cm³/mol. The first-order chi connectivity index (χ1) is 2.00. The third-order valence-corrected chi connectivity index (χ3v) is 0. The third kappa shape index (κ3) is 812. The van der Waals surface area contributed by atoms with Gasteiger partial charge in [-0.1, -0.05) is 7.43 Å². The largest absolute Gasteiger partial charge is 2.00 e. The van der Waals surface area contributed by atoms with E-state index < -0.39 is 10.4 Å². The van der Waals surface area contributed by atoms with Gasteiger partial charge in [-0.3, -0.25) is 8.42 Å². The van der Waals surface area contributed by atoms with E-state index in [0.29, 0.717) is 0 Å². The van der Waals surface area contributed by atoms with E-state index in [4.69, 9.17) is 17.5 Å². The molecule has 0 unspecified atom stereocenters. The van der Waals surface area contributed by atoms with Crippen LogP contribution in [-0.4, -0.2) is 17.5 Å². The van der Waals surface area contributed by atoms with E-state index in [-0.39, 0.29) is 24.5 Å². The topological polar surface area (TPSA) is 80.3 Å². The Balaban J connectivity index is -0.0000000800. The van der Waals surface area contributed by atoms with Crippen LogP contribution in [0.25, 0.3) is 0 Å². The van der Waals surface area contributed by atoms with Crippen molar-refractivity contribution in [3.05, 3.63) is 0 Å². The summed E-state index contributed by atoms with van der Waals surface area (Å²) in [5.74, 6) is 0. The smallest absolute Gasteiger partial charge is 0.759 e. The van der Waals surface area contributed by atoms with Crippen LogP contribution in [-0.2, 0) is 27.5 Å². The van der Waals surface area contributed by atoms with Crippen LogP contribution in [0.4, 0.5) is 0 Å². The summed E-state index contributed by atoms with van der Waals surface area (Å²) in [6.07, 6.45) is 0. The van der Waals surface area contributed by atoms with E-state index in [1.165, 1.54) is 0 Å². The molecule has 0 aromatic carbocycles. The van der Waals surface area contributed by atoms with Gasteiger partial charge in [-0.15, -0.1) is 0 Å². The van der Waals surface area contributed by atoms with Gasteiger partial charge in [-0.25, -0.2) is 0 Å². The van der Waals surface area contributed by atoms with Gasteiger partial charge in [0.1, 0.15) is 0 Å². The van der Waals surface area contributed by atoms with Crippen LogP contribution in [0.15, 0.2) is 0 Å². The predicted octanol–water partition coefficient (Wildman–Crippen LogP) is -0.704. The molecule has 0 saturated heterocycles. The molecule has 0 bridgehead atoms. The zero-order valence-corrected chi connectivity index (χ0v) is 4.32. The molecule has 0 rings (SSSR count). The monoisotopic (exact) mass is 168 g/mol. The number of hydrogen-bond donors (Lipinski definition) is 0. The molecule has 0 fully saturated rings. The molecule has 6 heteroatoms. The Labute approximate surface area is 53.0 Å². The van der Waals surface area contributed by atoms with Gasteiger partial charge in [0.15, 0.2) is 0 Å². The summed E-state index contributed by atoms with van der Waals surface area (Å²) in [4.78, 5) is 0. The third-order valence-electron chi connectivity index (χ3n) is 0. The van der Waals surface area contributed by atoms with Crippen molar-refractivity contribution in [2.24, 2.45) is 0 Å². The molecule has 0 aromatic rings. The molecular formula is CH4FeO4S. The Hall–Kier alpha value is 0.389. The fraction of sp³-hybridized carbons (Fsp3) is 1.00. The van der Waals surface area contributed by atoms with Crippen molar-refractivity contribution in [3.63, 3.8) is 0 Å². The Morgan fingerprint density at radius 1 is 1.14 bits per heavy atom. The van der Waals surface area contributed by atoms with Crippen LogP contribution in [0.3, 0.4) is 0 Å². The zero-order chi connectivity index (χ0) is 4.50. The van der Waals surface area contributed by atoms with Gasteiger partial charge in [0, 0.05) is 10.4 Å². The normalized spacial score (nSPS) is 8.29. The molecule has 0 aliphatic rings. The second-order valence-corrected chi connectivity index (χ2v) is 1.22. The first-order valence-corrected chi connectivity index (χ1v) is 2.00. The summed E-state index contributed by atoms with van der Waals surface area (Å²) in [5, 5.41) is 0. The summed E-state index contributed by atoms with van der Waals surface area (Å²) >= 11 is 0. The maximum Gasteiger partial charge on any atom is 2.00 e. The van der Waals surface area contributed by atoms with Crippen LogP contribution >= 0.6 is 0 Å². The maximum atomic E-state index is 8.52. The molecule has 0 N–H and O–H groups in total. The molecule has 0 aliphatic heterocycles. The molecule has 0 aromatic heterocycles. The molecule has 0 heterocycles. The van der Waals surface area contributed by atoms with E-state index in [0.717, 1.165) is 0 Å². The van der Waals surface area contributed by atoms with Crippen LogP contribution in [0.1, 0.15) is 7.43 Å². The summed E-state index contributed by atoms with van der Waals surface area (Å²) in [7, 11) is -5.17. The maximum absolute atomic E-state index is 8.52. The van der Waals surface area contributed by atoms with Crippen LogP contribution in [0.2, 0.25) is 0 Å². The minimum absolute atomic E-state index is 0. The van der Waals surface area contributed by atoms with Crippen LogP contribution in [0.5, 0.6) is 0 Å². The first kappa shape index (κ1) is 15.7. The van der Waals surface area contributed by atoms with Gasteiger partial charge < -0.3 is 9.11 Å². The standard InChI is InChI=1S/CH4.Fe.H2O4S/c;;1-5(2,3)4/h1H4;;(H2,1,2,3,4)/q;+2;/p-2. The Bertz CT molecular complexity index is 94.9. The molecular weight excluding hydrogens is 164 g/mol. The van der Waals surface area contributed by atoms with Crippen molar-refractivity contribution < 1.29 is 34.6 Å². The van der Waals surface area contributed by atoms with E-state index >= 15 is 0 Å². The Kier molecular flexibility index (Phi) is 10.2. The first-order valence-electron chi connectivity index (χ1n) is 0.667. The minimum atomic E-state index is -5.17. The van der Waals surface area contributed by atoms with Crippen molar-refractivity contribution >= 4 is 10.4 Å². The van der Waals surface area contributed by atoms with E-state index in [9.17, 15) is 0 Å². The second-order valence-electron chi connectivity index (χ2n) is 0.408. The van der Waals surface area contributed by atoms with Gasteiger partial charge in [0.25, 0.3) is 0 Å². The molecule has 0 aliphatic carbocycles. The summed E-state index contributed by atoms with van der Waals surface area (Å²) in [6.45, 7) is 0. The van der Waals surface area contributed by atoms with Gasteiger partial charge >= 0.3 is 17.1 Å². The van der Waals surface area contributed by atoms with Crippen molar-refractivity contribution in [3.8, 4) is 0 Å². The quantitative estimate of drug-likeness (QED) is 0.272. The molecule has 0 amide bonds. The van der Waals surface area contributed by atoms with Crippen LogP contribution in [0, 0.1) is 0 Å². The average molecular weight is 168 g/mol. The summed E-state index contributed by atoms with van der Waals surface area (Å²) < 4.78 is 34.1. The summed E-state index contributed by atoms with van der Waals surface area (Å²) in [5.41, 5.74) is 0. The van der Waals surface area contributed by atoms with Crippen LogP contribution < -0.4 is 0 Å². The fourth-order valence-electron chi connectivity index (χ4n) is 0. The van der Waals surface area contributed by atoms with Crippen molar-refractivity contribution in [2.75, 3.05) is 0 Å². The molecule has 0 radical (unpaired) electrons. The SMILES string of the molecule is C.O=S(=O)([O-])[O-].[Fe+2]. The van der Waals surface area contributed by atoms with Gasteiger partial charge in [-0.2, -0.15) is 0 Å². The zero-order valence-electron chi connectivity index (χ0n) is 2.39. The van der Waals surface area contributed by atoms with Gasteiger partial charge in [-0.05, 0) is 0 Å². The second kappa shape index (κ2) is 4.55. The van der Waals surface area contributed by atoms with Gasteiger partial charge in [0.05, 0.1) is 0 Å². The molecule has 4 nitrogen and oxygen atoms in total. The summed E-state index contributed by atoms with van der Waals surface area (Å²) in [6, 6.07) is 0. The van der Waals surface area contributed by atoms with Crippen molar-refractivity contribution in [1.82, 2.24) is 0 Å². The van der Waals surface area contributed by atoms with Crippen molar-refractivity contribution in [1.29, 1.82) is 0 Å². The molecule has 0 atom stereocenters. The molecule has 0 saturated carbocycles. The van der Waals surface area contributed by atoms with E-state index in [2.05, 4.69) is 0 Å². The fourth-order valence-corrected chi connectivity index (χ4v) is 0. The molecule has 46 valence electrons. The molecule has 0 spiro atoms. The number of rotatable bonds is 0. The van der Waals surface area contributed by atoms with E-state index in [1.807, 2.05) is 0 Å². The van der Waals surface area contributed by atoms with Crippen molar-refractivity contribution in [2.45, 2.75) is 7.43 Å². The minimum Gasteiger partial charge on any atom is -0.759 e. The average Bonchev–Trinajstić information content (AvgIpc) is 0.722. The van der Waals surface area contributed by atoms with Gasteiger partial charge in [0.2, 0.25) is 0 Å². The molecule has 7 heavy (non-hydrogen) atoms. The number of hydrogen-bond acceptors (Lipinski definition) is 4.